The van der Waals surface area contributed by atoms with E-state index in [1.165, 1.54) is 11.4 Å². The van der Waals surface area contributed by atoms with E-state index in [4.69, 9.17) is 9.84 Å². The smallest absolute Gasteiger partial charge is 0.324 e. The Hall–Kier alpha value is -0.700. The highest BCUT2D eigenvalue weighted by Gasteiger charge is 2.33. The zero-order chi connectivity index (χ0) is 14.6. The topological polar surface area (TPSA) is 95.9 Å². The van der Waals surface area contributed by atoms with E-state index < -0.39 is 22.2 Å². The van der Waals surface area contributed by atoms with Crippen LogP contribution in [0.25, 0.3) is 0 Å². The van der Waals surface area contributed by atoms with Crippen LogP contribution in [0.3, 0.4) is 0 Å². The third-order valence-corrected chi connectivity index (χ3v) is 4.66. The number of rotatable bonds is 6. The number of carboxylic acids is 1. The average Bonchev–Trinajstić information content (AvgIpc) is 2.26. The molecule has 0 radical (unpaired) electrons. The molecule has 1 saturated heterocycles. The first-order valence-electron chi connectivity index (χ1n) is 6.25. The van der Waals surface area contributed by atoms with E-state index in [0.717, 1.165) is 6.42 Å². The zero-order valence-electron chi connectivity index (χ0n) is 11.5. The van der Waals surface area contributed by atoms with Gasteiger partial charge in [-0.3, -0.25) is 4.79 Å². The van der Waals surface area contributed by atoms with Crippen LogP contribution in [0.15, 0.2) is 0 Å². The third kappa shape index (κ3) is 4.72. The highest BCUT2D eigenvalue weighted by Crippen LogP contribution is 2.22. The van der Waals surface area contributed by atoms with Crippen molar-refractivity contribution in [2.24, 2.45) is 11.8 Å². The van der Waals surface area contributed by atoms with Crippen LogP contribution in [0.1, 0.15) is 20.3 Å². The van der Waals surface area contributed by atoms with Gasteiger partial charge in [-0.15, -0.1) is 0 Å². The molecule has 1 rings (SSSR count). The molecule has 0 saturated carbocycles. The molecule has 2 N–H and O–H groups in total. The fraction of sp³-hybridized carbons (Fsp3) is 0.909. The summed E-state index contributed by atoms with van der Waals surface area (Å²) in [4.78, 5) is 11.0. The SMILES string of the molecule is COCC(NS(=O)(=O)N1CC(C)CC(C)C1)C(=O)O. The molecule has 7 nitrogen and oxygen atoms in total. The Morgan fingerprint density at radius 2 is 1.95 bits per heavy atom. The maximum Gasteiger partial charge on any atom is 0.324 e. The Bertz CT molecular complexity index is 401. The lowest BCUT2D eigenvalue weighted by Crippen LogP contribution is -2.53. The number of carboxylic acid groups (broad SMARTS) is 1. The number of aliphatic carboxylic acids is 1. The monoisotopic (exact) mass is 294 g/mol. The minimum Gasteiger partial charge on any atom is -0.480 e. The maximum atomic E-state index is 12.2. The molecule has 19 heavy (non-hydrogen) atoms. The quantitative estimate of drug-likeness (QED) is 0.713. The zero-order valence-corrected chi connectivity index (χ0v) is 12.3. The summed E-state index contributed by atoms with van der Waals surface area (Å²) in [5, 5.41) is 8.94. The first-order chi connectivity index (χ1) is 8.76. The van der Waals surface area contributed by atoms with E-state index in [1.54, 1.807) is 0 Å². The van der Waals surface area contributed by atoms with Gasteiger partial charge in [-0.1, -0.05) is 13.8 Å². The molecule has 0 bridgehead atoms. The van der Waals surface area contributed by atoms with Gasteiger partial charge in [0.25, 0.3) is 10.2 Å². The van der Waals surface area contributed by atoms with Gasteiger partial charge >= 0.3 is 5.97 Å². The molecule has 1 aliphatic rings. The van der Waals surface area contributed by atoms with Gasteiger partial charge in [-0.25, -0.2) is 0 Å². The number of nitrogens with zero attached hydrogens (tertiary/aromatic N) is 1. The first-order valence-corrected chi connectivity index (χ1v) is 7.69. The molecular weight excluding hydrogens is 272 g/mol. The summed E-state index contributed by atoms with van der Waals surface area (Å²) >= 11 is 0. The van der Waals surface area contributed by atoms with Crippen LogP contribution in [0.2, 0.25) is 0 Å². The number of hydrogen-bond acceptors (Lipinski definition) is 4. The molecule has 3 atom stereocenters. The van der Waals surface area contributed by atoms with Crippen molar-refractivity contribution in [1.82, 2.24) is 9.03 Å². The Morgan fingerprint density at radius 3 is 2.37 bits per heavy atom. The van der Waals surface area contributed by atoms with Crippen molar-refractivity contribution in [2.75, 3.05) is 26.8 Å². The number of nitrogens with one attached hydrogen (secondary N) is 1. The summed E-state index contributed by atoms with van der Waals surface area (Å²) in [6.07, 6.45) is 0.979. The van der Waals surface area contributed by atoms with Crippen molar-refractivity contribution >= 4 is 16.2 Å². The van der Waals surface area contributed by atoms with Crippen LogP contribution < -0.4 is 4.72 Å². The molecule has 0 aromatic carbocycles. The van der Waals surface area contributed by atoms with Crippen molar-refractivity contribution < 1.29 is 23.1 Å². The van der Waals surface area contributed by atoms with Gasteiger partial charge in [0, 0.05) is 20.2 Å². The summed E-state index contributed by atoms with van der Waals surface area (Å²) in [5.74, 6) is -0.708. The van der Waals surface area contributed by atoms with Crippen LogP contribution in [0.5, 0.6) is 0 Å². The summed E-state index contributed by atoms with van der Waals surface area (Å²) in [5.41, 5.74) is 0. The van der Waals surface area contributed by atoms with Gasteiger partial charge < -0.3 is 9.84 Å². The minimum atomic E-state index is -3.79. The molecule has 8 heteroatoms. The summed E-state index contributed by atoms with van der Waals surface area (Å²) < 4.78 is 32.5. The molecule has 1 heterocycles. The average molecular weight is 294 g/mol. The van der Waals surface area contributed by atoms with E-state index >= 15 is 0 Å². The predicted molar refractivity (Wildman–Crippen MR) is 69.9 cm³/mol. The van der Waals surface area contributed by atoms with Crippen molar-refractivity contribution in [3.8, 4) is 0 Å². The molecule has 0 aromatic heterocycles. The highest BCUT2D eigenvalue weighted by atomic mass is 32.2. The fourth-order valence-electron chi connectivity index (χ4n) is 2.38. The van der Waals surface area contributed by atoms with Gasteiger partial charge in [-0.2, -0.15) is 17.4 Å². The molecule has 1 fully saturated rings. The van der Waals surface area contributed by atoms with Crippen LogP contribution in [-0.4, -0.2) is 56.6 Å². The standard InChI is InChI=1S/C11H22N2O5S/c1-8-4-9(2)6-13(5-8)19(16,17)12-10(7-18-3)11(14)15/h8-10,12H,4-7H2,1-3H3,(H,14,15). The van der Waals surface area contributed by atoms with Crippen LogP contribution >= 0.6 is 0 Å². The lowest BCUT2D eigenvalue weighted by molar-refractivity contribution is -0.140. The number of hydrogen-bond donors (Lipinski definition) is 2. The highest BCUT2D eigenvalue weighted by molar-refractivity contribution is 7.87. The Kier molecular flexibility index (Phi) is 5.72. The van der Waals surface area contributed by atoms with E-state index in [2.05, 4.69) is 4.72 Å². The van der Waals surface area contributed by atoms with Gasteiger partial charge in [0.1, 0.15) is 6.04 Å². The van der Waals surface area contributed by atoms with Crippen molar-refractivity contribution in [3.05, 3.63) is 0 Å². The third-order valence-electron chi connectivity index (χ3n) is 3.10. The Labute approximate surface area is 114 Å². The van der Waals surface area contributed by atoms with Crippen LogP contribution in [-0.2, 0) is 19.7 Å². The van der Waals surface area contributed by atoms with Gasteiger partial charge in [0.05, 0.1) is 6.61 Å². The van der Waals surface area contributed by atoms with E-state index in [0.29, 0.717) is 13.1 Å². The number of methoxy groups -OCH3 is 1. The largest absolute Gasteiger partial charge is 0.480 e. The molecular formula is C11H22N2O5S. The second kappa shape index (κ2) is 6.65. The molecule has 0 aliphatic carbocycles. The van der Waals surface area contributed by atoms with E-state index in [1.807, 2.05) is 13.8 Å². The predicted octanol–water partition coefficient (Wildman–Crippen LogP) is -0.102. The van der Waals surface area contributed by atoms with Crippen molar-refractivity contribution in [2.45, 2.75) is 26.3 Å². The summed E-state index contributed by atoms with van der Waals surface area (Å²) in [7, 11) is -2.46. The fourth-order valence-corrected chi connectivity index (χ4v) is 3.96. The number of carbonyl (C=O) groups is 1. The molecule has 3 unspecified atom stereocenters. The lowest BCUT2D eigenvalue weighted by Gasteiger charge is -2.34. The normalized spacial score (nSPS) is 27.1. The molecule has 112 valence electrons. The number of piperidine rings is 1. The van der Waals surface area contributed by atoms with Gasteiger partial charge in [-0.05, 0) is 18.3 Å². The molecule has 0 spiro atoms. The molecule has 1 aliphatic heterocycles. The summed E-state index contributed by atoms with van der Waals surface area (Å²) in [6.45, 7) is 4.61. The summed E-state index contributed by atoms with van der Waals surface area (Å²) in [6, 6.07) is -1.26. The van der Waals surface area contributed by atoms with Gasteiger partial charge in [0.15, 0.2) is 0 Å². The second-order valence-electron chi connectivity index (χ2n) is 5.23. The van der Waals surface area contributed by atoms with E-state index in [9.17, 15) is 13.2 Å². The van der Waals surface area contributed by atoms with Crippen molar-refractivity contribution in [3.63, 3.8) is 0 Å². The lowest BCUT2D eigenvalue weighted by atomic mass is 9.94. The Balaban J connectivity index is 2.76. The van der Waals surface area contributed by atoms with Crippen LogP contribution in [0, 0.1) is 11.8 Å². The number of ether oxygens (including phenoxy) is 1. The Morgan fingerprint density at radius 1 is 1.42 bits per heavy atom. The first kappa shape index (κ1) is 16.4. The second-order valence-corrected chi connectivity index (χ2v) is 6.93. The molecule has 0 aromatic rings. The maximum absolute atomic E-state index is 12.2. The van der Waals surface area contributed by atoms with Crippen molar-refractivity contribution in [1.29, 1.82) is 0 Å². The van der Waals surface area contributed by atoms with Gasteiger partial charge in [0.2, 0.25) is 0 Å². The van der Waals surface area contributed by atoms with Crippen LogP contribution in [0.4, 0.5) is 0 Å². The minimum absolute atomic E-state index is 0.201. The molecule has 0 amide bonds. The van der Waals surface area contributed by atoms with E-state index in [-0.39, 0.29) is 18.4 Å².